The van der Waals surface area contributed by atoms with Crippen molar-refractivity contribution in [2.75, 3.05) is 23.7 Å². The quantitative estimate of drug-likeness (QED) is 0.842. The Kier molecular flexibility index (Phi) is 5.08. The minimum absolute atomic E-state index is 0.0408. The van der Waals surface area contributed by atoms with Crippen LogP contribution in [0.3, 0.4) is 0 Å². The summed E-state index contributed by atoms with van der Waals surface area (Å²) in [4.78, 5) is 32.6. The van der Waals surface area contributed by atoms with E-state index >= 15 is 0 Å². The fourth-order valence-electron chi connectivity index (χ4n) is 2.76. The summed E-state index contributed by atoms with van der Waals surface area (Å²) >= 11 is 1.28. The van der Waals surface area contributed by atoms with Crippen molar-refractivity contribution in [2.45, 2.75) is 32.0 Å². The van der Waals surface area contributed by atoms with E-state index in [0.717, 1.165) is 11.3 Å². The first-order chi connectivity index (χ1) is 11.9. The van der Waals surface area contributed by atoms with Crippen LogP contribution in [0.15, 0.2) is 29.4 Å². The number of aromatic nitrogens is 3. The van der Waals surface area contributed by atoms with Gasteiger partial charge in [0.15, 0.2) is 0 Å². The Morgan fingerprint density at radius 3 is 2.68 bits per heavy atom. The van der Waals surface area contributed by atoms with E-state index in [9.17, 15) is 9.59 Å². The number of nitrogens with zero attached hydrogens (tertiary/aromatic N) is 4. The van der Waals surface area contributed by atoms with Crippen LogP contribution in [-0.4, -0.2) is 56.8 Å². The molecule has 1 aromatic carbocycles. The number of H-pyrrole nitrogens is 1. The minimum Gasteiger partial charge on any atom is -0.328 e. The van der Waals surface area contributed by atoms with Crippen molar-refractivity contribution >= 4 is 29.3 Å². The Labute approximate surface area is 150 Å². The van der Waals surface area contributed by atoms with Crippen LogP contribution in [0.2, 0.25) is 0 Å². The summed E-state index contributed by atoms with van der Waals surface area (Å²) in [6.45, 7) is 6.38. The lowest BCUT2D eigenvalue weighted by Crippen LogP contribution is -2.57. The second-order valence-electron chi connectivity index (χ2n) is 6.20. The third kappa shape index (κ3) is 4.01. The van der Waals surface area contributed by atoms with Crippen molar-refractivity contribution in [3.63, 3.8) is 0 Å². The fourth-order valence-corrected chi connectivity index (χ4v) is 3.49. The first-order valence-electron chi connectivity index (χ1n) is 8.12. The van der Waals surface area contributed by atoms with Crippen molar-refractivity contribution in [1.82, 2.24) is 20.1 Å². The second kappa shape index (κ2) is 7.26. The zero-order chi connectivity index (χ0) is 18.0. The summed E-state index contributed by atoms with van der Waals surface area (Å²) in [5, 5.41) is 7.30. The molecule has 7 nitrogen and oxygen atoms in total. The molecule has 0 spiro atoms. The molecule has 0 radical (unpaired) electrons. The van der Waals surface area contributed by atoms with Gasteiger partial charge in [-0.05, 0) is 32.9 Å². The van der Waals surface area contributed by atoms with E-state index in [4.69, 9.17) is 0 Å². The standard InChI is InChI=1S/C17H21N5O2S/c1-11-4-6-14(7-5-11)22-8-12(2)21(9-15(22)23)16(24)10-25-17-18-13(3)19-20-17/h4-7,12H,8-10H2,1-3H3,(H,18,19,20). The van der Waals surface area contributed by atoms with Crippen molar-refractivity contribution in [3.05, 3.63) is 35.7 Å². The molecule has 1 unspecified atom stereocenters. The van der Waals surface area contributed by atoms with Gasteiger partial charge < -0.3 is 9.80 Å². The average Bonchev–Trinajstić information content (AvgIpc) is 3.01. The van der Waals surface area contributed by atoms with Gasteiger partial charge in [0.1, 0.15) is 12.4 Å². The maximum absolute atomic E-state index is 12.5. The highest BCUT2D eigenvalue weighted by Crippen LogP contribution is 2.22. The number of hydrogen-bond donors (Lipinski definition) is 1. The third-order valence-electron chi connectivity index (χ3n) is 4.15. The zero-order valence-electron chi connectivity index (χ0n) is 14.5. The summed E-state index contributed by atoms with van der Waals surface area (Å²) < 4.78 is 0. The molecule has 3 rings (SSSR count). The number of nitrogens with one attached hydrogen (secondary N) is 1. The van der Waals surface area contributed by atoms with Crippen LogP contribution < -0.4 is 4.90 Å². The number of rotatable bonds is 4. The van der Waals surface area contributed by atoms with Gasteiger partial charge in [0.05, 0.1) is 5.75 Å². The lowest BCUT2D eigenvalue weighted by atomic mass is 10.1. The average molecular weight is 359 g/mol. The molecule has 2 amide bonds. The number of carbonyl (C=O) groups excluding carboxylic acids is 2. The van der Waals surface area contributed by atoms with Gasteiger partial charge in [-0.15, -0.1) is 5.10 Å². The first-order valence-corrected chi connectivity index (χ1v) is 9.11. The highest BCUT2D eigenvalue weighted by atomic mass is 32.2. The van der Waals surface area contributed by atoms with Crippen molar-refractivity contribution in [2.24, 2.45) is 0 Å². The van der Waals surface area contributed by atoms with Crippen molar-refractivity contribution in [3.8, 4) is 0 Å². The predicted molar refractivity (Wildman–Crippen MR) is 96.6 cm³/mol. The Balaban J connectivity index is 1.62. The number of aryl methyl sites for hydroxylation is 2. The predicted octanol–water partition coefficient (Wildman–Crippen LogP) is 1.78. The maximum Gasteiger partial charge on any atom is 0.246 e. The molecular formula is C17H21N5O2S. The molecule has 0 saturated carbocycles. The summed E-state index contributed by atoms with van der Waals surface area (Å²) in [5.41, 5.74) is 2.03. The molecule has 1 saturated heterocycles. The van der Waals surface area contributed by atoms with Crippen LogP contribution in [0.4, 0.5) is 5.69 Å². The van der Waals surface area contributed by atoms with E-state index in [1.54, 1.807) is 9.80 Å². The maximum atomic E-state index is 12.5. The molecule has 0 bridgehead atoms. The van der Waals surface area contributed by atoms with Gasteiger partial charge in [0, 0.05) is 18.3 Å². The van der Waals surface area contributed by atoms with Crippen LogP contribution in [0, 0.1) is 13.8 Å². The molecule has 2 aromatic rings. The van der Waals surface area contributed by atoms with E-state index in [1.807, 2.05) is 45.0 Å². The molecular weight excluding hydrogens is 338 g/mol. The Morgan fingerprint density at radius 1 is 1.32 bits per heavy atom. The molecule has 1 aliphatic rings. The number of amides is 2. The molecule has 8 heteroatoms. The fraction of sp³-hybridized carbons (Fsp3) is 0.412. The van der Waals surface area contributed by atoms with Crippen LogP contribution in [-0.2, 0) is 9.59 Å². The topological polar surface area (TPSA) is 82.2 Å². The van der Waals surface area contributed by atoms with Gasteiger partial charge in [-0.2, -0.15) is 0 Å². The largest absolute Gasteiger partial charge is 0.328 e. The van der Waals surface area contributed by atoms with E-state index in [-0.39, 0.29) is 30.2 Å². The highest BCUT2D eigenvalue weighted by molar-refractivity contribution is 7.99. The molecule has 1 atom stereocenters. The van der Waals surface area contributed by atoms with Gasteiger partial charge >= 0.3 is 0 Å². The van der Waals surface area contributed by atoms with Gasteiger partial charge in [-0.25, -0.2) is 4.98 Å². The number of carbonyl (C=O) groups is 2. The number of hydrogen-bond acceptors (Lipinski definition) is 5. The van der Waals surface area contributed by atoms with Gasteiger partial charge in [-0.1, -0.05) is 29.5 Å². The van der Waals surface area contributed by atoms with Crippen LogP contribution >= 0.6 is 11.8 Å². The normalized spacial score (nSPS) is 17.9. The Bertz CT molecular complexity index is 774. The summed E-state index contributed by atoms with van der Waals surface area (Å²) in [6.07, 6.45) is 0. The lowest BCUT2D eigenvalue weighted by Gasteiger charge is -2.39. The number of anilines is 1. The molecule has 1 aromatic heterocycles. The van der Waals surface area contributed by atoms with E-state index in [2.05, 4.69) is 15.2 Å². The third-order valence-corrected chi connectivity index (χ3v) is 4.99. The number of aromatic amines is 1. The number of piperazine rings is 1. The minimum atomic E-state index is -0.0724. The van der Waals surface area contributed by atoms with Crippen LogP contribution in [0.5, 0.6) is 0 Å². The van der Waals surface area contributed by atoms with E-state index in [1.165, 1.54) is 11.8 Å². The molecule has 0 aliphatic carbocycles. The van der Waals surface area contributed by atoms with Gasteiger partial charge in [0.2, 0.25) is 17.0 Å². The zero-order valence-corrected chi connectivity index (χ0v) is 15.3. The van der Waals surface area contributed by atoms with Crippen LogP contribution in [0.1, 0.15) is 18.3 Å². The summed E-state index contributed by atoms with van der Waals surface area (Å²) in [5.74, 6) is 0.801. The smallest absolute Gasteiger partial charge is 0.246 e. The summed E-state index contributed by atoms with van der Waals surface area (Å²) in [6, 6.07) is 7.82. The molecule has 25 heavy (non-hydrogen) atoms. The second-order valence-corrected chi connectivity index (χ2v) is 7.15. The molecule has 1 N–H and O–H groups in total. The summed E-state index contributed by atoms with van der Waals surface area (Å²) in [7, 11) is 0. The Hall–Kier alpha value is -2.35. The molecule has 2 heterocycles. The molecule has 1 fully saturated rings. The van der Waals surface area contributed by atoms with Gasteiger partial charge in [0.25, 0.3) is 0 Å². The monoisotopic (exact) mass is 359 g/mol. The number of thioether (sulfide) groups is 1. The molecule has 1 aliphatic heterocycles. The number of benzene rings is 1. The van der Waals surface area contributed by atoms with Crippen LogP contribution in [0.25, 0.3) is 0 Å². The van der Waals surface area contributed by atoms with E-state index in [0.29, 0.717) is 17.5 Å². The van der Waals surface area contributed by atoms with Crippen molar-refractivity contribution in [1.29, 1.82) is 0 Å². The van der Waals surface area contributed by atoms with Crippen molar-refractivity contribution < 1.29 is 9.59 Å². The SMILES string of the molecule is Cc1ccc(N2CC(C)N(C(=O)CSc3n[nH]c(C)n3)CC2=O)cc1. The first kappa shape index (κ1) is 17.5. The highest BCUT2D eigenvalue weighted by Gasteiger charge is 2.33. The van der Waals surface area contributed by atoms with E-state index < -0.39 is 0 Å². The van der Waals surface area contributed by atoms with Gasteiger partial charge in [-0.3, -0.25) is 14.7 Å². The molecule has 132 valence electrons. The lowest BCUT2D eigenvalue weighted by molar-refractivity contribution is -0.137. The Morgan fingerprint density at radius 2 is 2.04 bits per heavy atom.